The van der Waals surface area contributed by atoms with Crippen LogP contribution in [0, 0.1) is 0 Å². The van der Waals surface area contributed by atoms with Gasteiger partial charge in [0.05, 0.1) is 5.02 Å². The third-order valence-corrected chi connectivity index (χ3v) is 3.70. The monoisotopic (exact) mass is 346 g/mol. The predicted molar refractivity (Wildman–Crippen MR) is 78.7 cm³/mol. The van der Waals surface area contributed by atoms with Gasteiger partial charge in [-0.1, -0.05) is 27.5 Å². The molecule has 104 valence electrons. The van der Waals surface area contributed by atoms with Crippen LogP contribution in [0.2, 0.25) is 5.02 Å². The number of amides is 1. The van der Waals surface area contributed by atoms with Crippen LogP contribution < -0.4 is 15.4 Å². The maximum absolute atomic E-state index is 11.7. The first-order valence-corrected chi connectivity index (χ1v) is 7.40. The zero-order valence-electron chi connectivity index (χ0n) is 10.4. The molecule has 1 aromatic carbocycles. The normalized spacial score (nSPS) is 18.9. The van der Waals surface area contributed by atoms with Crippen molar-refractivity contribution < 1.29 is 9.53 Å². The van der Waals surface area contributed by atoms with Gasteiger partial charge in [0.1, 0.15) is 5.75 Å². The minimum Gasteiger partial charge on any atom is -0.482 e. The van der Waals surface area contributed by atoms with Crippen molar-refractivity contribution >= 4 is 33.4 Å². The average molecular weight is 348 g/mol. The van der Waals surface area contributed by atoms with Gasteiger partial charge in [-0.25, -0.2) is 0 Å². The quantitative estimate of drug-likeness (QED) is 0.879. The molecule has 0 bridgehead atoms. The third-order valence-electron chi connectivity index (χ3n) is 2.91. The number of rotatable bonds is 4. The molecule has 0 spiro atoms. The number of nitrogens with one attached hydrogen (secondary N) is 2. The summed E-state index contributed by atoms with van der Waals surface area (Å²) in [6.07, 6.45) is 2.10. The van der Waals surface area contributed by atoms with E-state index < -0.39 is 0 Å². The van der Waals surface area contributed by atoms with Crippen LogP contribution in [0.25, 0.3) is 0 Å². The zero-order chi connectivity index (χ0) is 13.7. The smallest absolute Gasteiger partial charge is 0.258 e. The molecule has 1 amide bonds. The van der Waals surface area contributed by atoms with E-state index in [2.05, 4.69) is 26.6 Å². The molecule has 0 radical (unpaired) electrons. The second kappa shape index (κ2) is 7.12. The van der Waals surface area contributed by atoms with Gasteiger partial charge >= 0.3 is 0 Å². The van der Waals surface area contributed by atoms with Gasteiger partial charge in [-0.3, -0.25) is 4.79 Å². The maximum atomic E-state index is 11.7. The summed E-state index contributed by atoms with van der Waals surface area (Å²) in [6.45, 7) is 1.83. The standard InChI is InChI=1S/C13H16BrClN2O2/c14-9-3-4-12(11(15)6-9)19-8-13(18)17-10-2-1-5-16-7-10/h3-4,6,10,16H,1-2,5,7-8H2,(H,17,18). The van der Waals surface area contributed by atoms with Crippen LogP contribution in [-0.2, 0) is 4.79 Å². The summed E-state index contributed by atoms with van der Waals surface area (Å²) in [5, 5.41) is 6.68. The van der Waals surface area contributed by atoms with E-state index in [9.17, 15) is 4.79 Å². The summed E-state index contributed by atoms with van der Waals surface area (Å²) < 4.78 is 6.29. The number of carbonyl (C=O) groups excluding carboxylic acids is 1. The lowest BCUT2D eigenvalue weighted by Crippen LogP contribution is -2.47. The Bertz CT molecular complexity index is 450. The number of piperidine rings is 1. The summed E-state index contributed by atoms with van der Waals surface area (Å²) in [6, 6.07) is 5.50. The summed E-state index contributed by atoms with van der Waals surface area (Å²) in [7, 11) is 0. The second-order valence-electron chi connectivity index (χ2n) is 4.47. The lowest BCUT2D eigenvalue weighted by atomic mass is 10.1. The van der Waals surface area contributed by atoms with Gasteiger partial charge in [-0.2, -0.15) is 0 Å². The highest BCUT2D eigenvalue weighted by Gasteiger charge is 2.15. The molecule has 1 unspecified atom stereocenters. The highest BCUT2D eigenvalue weighted by atomic mass is 79.9. The number of benzene rings is 1. The largest absolute Gasteiger partial charge is 0.482 e. The van der Waals surface area contributed by atoms with E-state index in [1.807, 2.05) is 6.07 Å². The Morgan fingerprint density at radius 3 is 3.11 bits per heavy atom. The molecule has 1 aliphatic heterocycles. The molecule has 1 aliphatic rings. The molecule has 1 atom stereocenters. The van der Waals surface area contributed by atoms with Gasteiger partial charge in [0.2, 0.25) is 0 Å². The fourth-order valence-electron chi connectivity index (χ4n) is 1.98. The second-order valence-corrected chi connectivity index (χ2v) is 5.80. The molecule has 1 heterocycles. The minimum atomic E-state index is -0.118. The Morgan fingerprint density at radius 2 is 2.42 bits per heavy atom. The molecule has 0 aliphatic carbocycles. The maximum Gasteiger partial charge on any atom is 0.258 e. The zero-order valence-corrected chi connectivity index (χ0v) is 12.8. The fourth-order valence-corrected chi connectivity index (χ4v) is 2.71. The van der Waals surface area contributed by atoms with Gasteiger partial charge in [0.15, 0.2) is 6.61 Å². The number of ether oxygens (including phenoxy) is 1. The molecule has 0 aromatic heterocycles. The summed E-state index contributed by atoms with van der Waals surface area (Å²) in [5.74, 6) is 0.398. The van der Waals surface area contributed by atoms with E-state index in [0.29, 0.717) is 10.8 Å². The van der Waals surface area contributed by atoms with E-state index in [0.717, 1.165) is 30.4 Å². The number of carbonyl (C=O) groups is 1. The third kappa shape index (κ3) is 4.67. The molecule has 1 aromatic rings. The first kappa shape index (κ1) is 14.6. The highest BCUT2D eigenvalue weighted by molar-refractivity contribution is 9.10. The van der Waals surface area contributed by atoms with Crippen molar-refractivity contribution in [1.82, 2.24) is 10.6 Å². The molecule has 1 fully saturated rings. The molecule has 6 heteroatoms. The van der Waals surface area contributed by atoms with Crippen LogP contribution in [0.5, 0.6) is 5.75 Å². The van der Waals surface area contributed by atoms with Crippen LogP contribution >= 0.6 is 27.5 Å². The van der Waals surface area contributed by atoms with Crippen molar-refractivity contribution in [3.05, 3.63) is 27.7 Å². The Balaban J connectivity index is 1.79. The first-order chi connectivity index (χ1) is 9.15. The van der Waals surface area contributed by atoms with Crippen LogP contribution in [-0.4, -0.2) is 31.6 Å². The molecular formula is C13H16BrClN2O2. The molecule has 19 heavy (non-hydrogen) atoms. The van der Waals surface area contributed by atoms with Gasteiger partial charge < -0.3 is 15.4 Å². The van der Waals surface area contributed by atoms with Crippen molar-refractivity contribution in [1.29, 1.82) is 0 Å². The summed E-state index contributed by atoms with van der Waals surface area (Å²) in [5.41, 5.74) is 0. The van der Waals surface area contributed by atoms with Crippen LogP contribution in [0.1, 0.15) is 12.8 Å². The molecule has 2 rings (SSSR count). The number of halogens is 2. The van der Waals surface area contributed by atoms with E-state index in [4.69, 9.17) is 16.3 Å². The van der Waals surface area contributed by atoms with Crippen molar-refractivity contribution in [3.63, 3.8) is 0 Å². The van der Waals surface area contributed by atoms with Crippen LogP contribution in [0.3, 0.4) is 0 Å². The van der Waals surface area contributed by atoms with E-state index in [1.165, 1.54) is 0 Å². The Hall–Kier alpha value is -0.780. The Morgan fingerprint density at radius 1 is 1.58 bits per heavy atom. The molecule has 2 N–H and O–H groups in total. The molecule has 1 saturated heterocycles. The van der Waals surface area contributed by atoms with Crippen molar-refractivity contribution in [2.24, 2.45) is 0 Å². The van der Waals surface area contributed by atoms with Crippen molar-refractivity contribution in [3.8, 4) is 5.75 Å². The predicted octanol–water partition coefficient (Wildman–Crippen LogP) is 2.35. The lowest BCUT2D eigenvalue weighted by Gasteiger charge is -2.23. The number of hydrogen-bond acceptors (Lipinski definition) is 3. The Labute approximate surface area is 126 Å². The average Bonchev–Trinajstić information content (AvgIpc) is 2.39. The van der Waals surface area contributed by atoms with E-state index >= 15 is 0 Å². The molecular weight excluding hydrogens is 332 g/mol. The van der Waals surface area contributed by atoms with Gasteiger partial charge in [-0.15, -0.1) is 0 Å². The minimum absolute atomic E-state index is 0.0160. The summed E-state index contributed by atoms with van der Waals surface area (Å²) >= 11 is 9.32. The first-order valence-electron chi connectivity index (χ1n) is 6.23. The van der Waals surface area contributed by atoms with Gasteiger partial charge in [0, 0.05) is 17.1 Å². The SMILES string of the molecule is O=C(COc1ccc(Br)cc1Cl)NC1CCCNC1. The lowest BCUT2D eigenvalue weighted by molar-refractivity contribution is -0.123. The summed E-state index contributed by atoms with van der Waals surface area (Å²) in [4.78, 5) is 11.7. The molecule has 0 saturated carbocycles. The number of hydrogen-bond donors (Lipinski definition) is 2. The van der Waals surface area contributed by atoms with Crippen LogP contribution in [0.15, 0.2) is 22.7 Å². The van der Waals surface area contributed by atoms with Crippen molar-refractivity contribution in [2.75, 3.05) is 19.7 Å². The molecule has 4 nitrogen and oxygen atoms in total. The van der Waals surface area contributed by atoms with E-state index in [-0.39, 0.29) is 18.6 Å². The topological polar surface area (TPSA) is 50.4 Å². The van der Waals surface area contributed by atoms with Crippen LogP contribution in [0.4, 0.5) is 0 Å². The highest BCUT2D eigenvalue weighted by Crippen LogP contribution is 2.27. The van der Waals surface area contributed by atoms with Gasteiger partial charge in [-0.05, 0) is 37.6 Å². The van der Waals surface area contributed by atoms with Crippen molar-refractivity contribution in [2.45, 2.75) is 18.9 Å². The van der Waals surface area contributed by atoms with Gasteiger partial charge in [0.25, 0.3) is 5.91 Å². The van der Waals surface area contributed by atoms with E-state index in [1.54, 1.807) is 12.1 Å². The fraction of sp³-hybridized carbons (Fsp3) is 0.462. The Kier molecular flexibility index (Phi) is 5.48.